The van der Waals surface area contributed by atoms with E-state index in [-0.39, 0.29) is 5.44 Å². The third kappa shape index (κ3) is 2.90. The van der Waals surface area contributed by atoms with E-state index in [9.17, 15) is 15.3 Å². The Balaban J connectivity index is 2.10. The Morgan fingerprint density at radius 3 is 2.63 bits per heavy atom. The van der Waals surface area contributed by atoms with Crippen LogP contribution in [0.1, 0.15) is 19.8 Å². The quantitative estimate of drug-likeness (QED) is 0.657. The first kappa shape index (κ1) is 15.1. The number of amidine groups is 1. The highest BCUT2D eigenvalue weighted by Gasteiger charge is 2.50. The Bertz CT molecular complexity index is 353. The van der Waals surface area contributed by atoms with E-state index in [1.807, 2.05) is 25.9 Å². The molecular weight excluding hydrogens is 268 g/mol. The van der Waals surface area contributed by atoms with Crippen molar-refractivity contribution in [3.05, 3.63) is 0 Å². The van der Waals surface area contributed by atoms with E-state index in [2.05, 4.69) is 4.99 Å². The molecule has 2 heterocycles. The van der Waals surface area contributed by atoms with Crippen LogP contribution in [-0.2, 0) is 4.74 Å². The standard InChI is InChI=1S/C12H22N2O4S/c1-4-5-6(15)10-9(17)8(16)7-11(18-10)19-12(13-7)14(2)3/h6-11,15-17H,4-5H2,1-3H3/t6-,7-,8-,9+,10-,11-/m1/s1. The molecule has 0 aromatic carbocycles. The fourth-order valence-electron chi connectivity index (χ4n) is 2.37. The first-order valence-electron chi connectivity index (χ1n) is 6.57. The van der Waals surface area contributed by atoms with Gasteiger partial charge in [0.05, 0.1) is 6.10 Å². The molecule has 3 N–H and O–H groups in total. The van der Waals surface area contributed by atoms with Crippen LogP contribution >= 0.6 is 11.8 Å². The van der Waals surface area contributed by atoms with Gasteiger partial charge in [-0.1, -0.05) is 25.1 Å². The van der Waals surface area contributed by atoms with Gasteiger partial charge in [-0.2, -0.15) is 0 Å². The second kappa shape index (κ2) is 5.97. The van der Waals surface area contributed by atoms with Crippen LogP contribution in [0.15, 0.2) is 4.99 Å². The molecule has 2 rings (SSSR count). The SMILES string of the molecule is CCC[C@@H](O)[C@H]1O[C@@H]2SC(N(C)C)=N[C@@H]2[C@@H](O)[C@@H]1O. The predicted molar refractivity (Wildman–Crippen MR) is 74.1 cm³/mol. The van der Waals surface area contributed by atoms with Crippen molar-refractivity contribution in [1.29, 1.82) is 0 Å². The van der Waals surface area contributed by atoms with Crippen molar-refractivity contribution < 1.29 is 20.1 Å². The van der Waals surface area contributed by atoms with Crippen LogP contribution in [0.3, 0.4) is 0 Å². The minimum absolute atomic E-state index is 0.340. The Hall–Kier alpha value is -0.340. The summed E-state index contributed by atoms with van der Waals surface area (Å²) in [4.78, 5) is 6.22. The van der Waals surface area contributed by atoms with E-state index in [1.165, 1.54) is 11.8 Å². The van der Waals surface area contributed by atoms with Gasteiger partial charge in [0.2, 0.25) is 0 Å². The minimum Gasteiger partial charge on any atom is -0.390 e. The van der Waals surface area contributed by atoms with E-state index < -0.39 is 30.5 Å². The summed E-state index contributed by atoms with van der Waals surface area (Å²) in [5, 5.41) is 31.0. The minimum atomic E-state index is -1.10. The average Bonchev–Trinajstić information content (AvgIpc) is 2.78. The summed E-state index contributed by atoms with van der Waals surface area (Å²) in [5.74, 6) is 0. The molecule has 19 heavy (non-hydrogen) atoms. The van der Waals surface area contributed by atoms with Gasteiger partial charge in [-0.3, -0.25) is 4.99 Å². The van der Waals surface area contributed by atoms with Gasteiger partial charge in [-0.25, -0.2) is 0 Å². The zero-order valence-electron chi connectivity index (χ0n) is 11.4. The first-order chi connectivity index (χ1) is 8.95. The number of hydrogen-bond acceptors (Lipinski definition) is 7. The molecule has 0 aliphatic carbocycles. The maximum Gasteiger partial charge on any atom is 0.161 e. The number of rotatable bonds is 3. The molecule has 6 nitrogen and oxygen atoms in total. The molecule has 1 saturated heterocycles. The molecule has 0 unspecified atom stereocenters. The summed E-state index contributed by atoms with van der Waals surface area (Å²) in [6.45, 7) is 1.95. The Kier molecular flexibility index (Phi) is 4.73. The van der Waals surface area contributed by atoms with Crippen molar-refractivity contribution in [3.8, 4) is 0 Å². The third-order valence-corrected chi connectivity index (χ3v) is 4.74. The van der Waals surface area contributed by atoms with E-state index in [0.29, 0.717) is 6.42 Å². The molecule has 6 atom stereocenters. The van der Waals surface area contributed by atoms with Gasteiger partial charge in [0.15, 0.2) is 5.17 Å². The monoisotopic (exact) mass is 290 g/mol. The van der Waals surface area contributed by atoms with E-state index in [4.69, 9.17) is 4.74 Å². The largest absolute Gasteiger partial charge is 0.390 e. The van der Waals surface area contributed by atoms with Crippen molar-refractivity contribution >= 4 is 16.9 Å². The lowest BCUT2D eigenvalue weighted by atomic mass is 9.93. The Morgan fingerprint density at radius 2 is 2.05 bits per heavy atom. The van der Waals surface area contributed by atoms with Crippen molar-refractivity contribution in [2.45, 2.75) is 55.7 Å². The first-order valence-corrected chi connectivity index (χ1v) is 7.45. The molecule has 1 fully saturated rings. The maximum absolute atomic E-state index is 10.2. The van der Waals surface area contributed by atoms with Crippen molar-refractivity contribution in [1.82, 2.24) is 4.90 Å². The van der Waals surface area contributed by atoms with Crippen LogP contribution in [-0.4, -0.2) is 75.4 Å². The van der Waals surface area contributed by atoms with Crippen LogP contribution in [0.25, 0.3) is 0 Å². The molecular formula is C12H22N2O4S. The van der Waals surface area contributed by atoms with Gasteiger partial charge >= 0.3 is 0 Å². The van der Waals surface area contributed by atoms with Gasteiger partial charge < -0.3 is 25.0 Å². The maximum atomic E-state index is 10.2. The number of aliphatic hydroxyl groups is 3. The van der Waals surface area contributed by atoms with Crippen molar-refractivity contribution in [2.75, 3.05) is 14.1 Å². The summed E-state index contributed by atoms with van der Waals surface area (Å²) in [6.07, 6.45) is -2.28. The highest BCUT2D eigenvalue weighted by atomic mass is 32.2. The molecule has 0 spiro atoms. The van der Waals surface area contributed by atoms with E-state index in [0.717, 1.165) is 11.6 Å². The number of ether oxygens (including phenoxy) is 1. The van der Waals surface area contributed by atoms with Crippen molar-refractivity contribution in [3.63, 3.8) is 0 Å². The number of nitrogens with zero attached hydrogens (tertiary/aromatic N) is 2. The van der Waals surface area contributed by atoms with Gasteiger partial charge in [0, 0.05) is 14.1 Å². The van der Waals surface area contributed by atoms with Crippen LogP contribution < -0.4 is 0 Å². The number of thioether (sulfide) groups is 1. The molecule has 0 bridgehead atoms. The lowest BCUT2D eigenvalue weighted by molar-refractivity contribution is -0.185. The second-order valence-corrected chi connectivity index (χ2v) is 6.29. The summed E-state index contributed by atoms with van der Waals surface area (Å²) < 4.78 is 5.75. The average molecular weight is 290 g/mol. The van der Waals surface area contributed by atoms with Gasteiger partial charge in [-0.05, 0) is 6.42 Å². The fraction of sp³-hybridized carbons (Fsp3) is 0.917. The number of fused-ring (bicyclic) bond motifs is 1. The second-order valence-electron chi connectivity index (χ2n) is 5.22. The smallest absolute Gasteiger partial charge is 0.161 e. The number of aliphatic imine (C=N–C) groups is 1. The predicted octanol–water partition coefficient (Wildman–Crippen LogP) is -0.373. The summed E-state index contributed by atoms with van der Waals surface area (Å²) in [6, 6.07) is -0.470. The molecule has 0 radical (unpaired) electrons. The Labute approximate surface area is 117 Å². The molecule has 2 aliphatic rings. The zero-order valence-corrected chi connectivity index (χ0v) is 12.2. The van der Waals surface area contributed by atoms with Gasteiger partial charge in [0.25, 0.3) is 0 Å². The number of aliphatic hydroxyl groups excluding tert-OH is 3. The highest BCUT2D eigenvalue weighted by Crippen LogP contribution is 2.38. The van der Waals surface area contributed by atoms with Crippen LogP contribution in [0, 0.1) is 0 Å². The summed E-state index contributed by atoms with van der Waals surface area (Å²) >= 11 is 1.42. The summed E-state index contributed by atoms with van der Waals surface area (Å²) in [7, 11) is 3.74. The molecule has 0 aromatic rings. The van der Waals surface area contributed by atoms with E-state index in [1.54, 1.807) is 0 Å². The summed E-state index contributed by atoms with van der Waals surface area (Å²) in [5.41, 5.74) is -0.340. The van der Waals surface area contributed by atoms with Crippen LogP contribution in [0.5, 0.6) is 0 Å². The molecule has 2 aliphatic heterocycles. The fourth-order valence-corrected chi connectivity index (χ4v) is 3.52. The van der Waals surface area contributed by atoms with Crippen LogP contribution in [0.4, 0.5) is 0 Å². The Morgan fingerprint density at radius 1 is 1.37 bits per heavy atom. The lowest BCUT2D eigenvalue weighted by Crippen LogP contribution is -2.58. The third-order valence-electron chi connectivity index (χ3n) is 3.43. The number of hydrogen-bond donors (Lipinski definition) is 3. The lowest BCUT2D eigenvalue weighted by Gasteiger charge is -2.40. The van der Waals surface area contributed by atoms with Gasteiger partial charge in [0.1, 0.15) is 29.8 Å². The van der Waals surface area contributed by atoms with E-state index >= 15 is 0 Å². The van der Waals surface area contributed by atoms with Crippen molar-refractivity contribution in [2.24, 2.45) is 4.99 Å². The molecule has 0 saturated carbocycles. The topological polar surface area (TPSA) is 85.5 Å². The highest BCUT2D eigenvalue weighted by molar-refractivity contribution is 8.14. The van der Waals surface area contributed by atoms with Gasteiger partial charge in [-0.15, -0.1) is 0 Å². The molecule has 0 aromatic heterocycles. The molecule has 7 heteroatoms. The normalized spacial score (nSPS) is 39.7. The zero-order chi connectivity index (χ0) is 14.2. The molecule has 0 amide bonds. The molecule has 110 valence electrons. The van der Waals surface area contributed by atoms with Crippen LogP contribution in [0.2, 0.25) is 0 Å².